The van der Waals surface area contributed by atoms with E-state index >= 15 is 0 Å². The van der Waals surface area contributed by atoms with Crippen molar-refractivity contribution in [3.05, 3.63) is 83.4 Å². The van der Waals surface area contributed by atoms with Gasteiger partial charge in [-0.25, -0.2) is 0 Å². The van der Waals surface area contributed by atoms with Crippen molar-refractivity contribution in [3.63, 3.8) is 0 Å². The molecule has 0 heterocycles. The fourth-order valence-corrected chi connectivity index (χ4v) is 3.71. The van der Waals surface area contributed by atoms with E-state index < -0.39 is 6.10 Å². The Morgan fingerprint density at radius 1 is 0.793 bits per heavy atom. The molecule has 0 fully saturated rings. The maximum absolute atomic E-state index is 11.4. The molecule has 1 heteroatoms. The molecule has 0 radical (unpaired) electrons. The van der Waals surface area contributed by atoms with Crippen LogP contribution >= 0.6 is 0 Å². The predicted molar refractivity (Wildman–Crippen MR) is 128 cm³/mol. The Morgan fingerprint density at radius 3 is 2.00 bits per heavy atom. The van der Waals surface area contributed by atoms with Crippen LogP contribution in [0.15, 0.2) is 72.3 Å². The third-order valence-corrected chi connectivity index (χ3v) is 5.48. The van der Waals surface area contributed by atoms with E-state index in [0.717, 1.165) is 25.7 Å². The Labute approximate surface area is 178 Å². The van der Waals surface area contributed by atoms with Crippen LogP contribution in [0.1, 0.15) is 76.3 Å². The molecule has 0 aliphatic rings. The monoisotopic (exact) mass is 390 g/mol. The van der Waals surface area contributed by atoms with Gasteiger partial charge >= 0.3 is 0 Å². The second-order valence-corrected chi connectivity index (χ2v) is 7.96. The number of rotatable bonds is 13. The molecule has 2 aromatic rings. The van der Waals surface area contributed by atoms with Gasteiger partial charge in [0.25, 0.3) is 0 Å². The summed E-state index contributed by atoms with van der Waals surface area (Å²) >= 11 is 0. The lowest BCUT2D eigenvalue weighted by Crippen LogP contribution is -2.21. The van der Waals surface area contributed by atoms with Crippen molar-refractivity contribution in [3.8, 4) is 0 Å². The van der Waals surface area contributed by atoms with Crippen LogP contribution < -0.4 is 0 Å². The smallest absolute Gasteiger partial charge is 0.0816 e. The van der Waals surface area contributed by atoms with Crippen molar-refractivity contribution >= 4 is 12.2 Å². The van der Waals surface area contributed by atoms with Gasteiger partial charge < -0.3 is 5.11 Å². The third kappa shape index (κ3) is 8.83. The molecule has 1 nitrogen and oxygen atoms in total. The quantitative estimate of drug-likeness (QED) is 0.344. The van der Waals surface area contributed by atoms with Gasteiger partial charge in [-0.2, -0.15) is 0 Å². The molecule has 156 valence electrons. The van der Waals surface area contributed by atoms with E-state index in [-0.39, 0.29) is 5.92 Å². The van der Waals surface area contributed by atoms with Crippen LogP contribution in [0.3, 0.4) is 0 Å². The molecule has 0 spiro atoms. The van der Waals surface area contributed by atoms with Gasteiger partial charge in [-0.3, -0.25) is 0 Å². The summed E-state index contributed by atoms with van der Waals surface area (Å²) in [5.41, 5.74) is 3.54. The Balaban J connectivity index is 2.22. The minimum Gasteiger partial charge on any atom is -0.388 e. The van der Waals surface area contributed by atoms with E-state index in [1.54, 1.807) is 0 Å². The summed E-state index contributed by atoms with van der Waals surface area (Å²) in [7, 11) is 0. The lowest BCUT2D eigenvalue weighted by molar-refractivity contribution is 0.155. The van der Waals surface area contributed by atoms with E-state index in [1.807, 2.05) is 12.1 Å². The number of unbranched alkanes of at least 4 members (excludes halogenated alkanes) is 4. The first kappa shape index (κ1) is 23.2. The molecule has 2 aromatic carbocycles. The highest BCUT2D eigenvalue weighted by Crippen LogP contribution is 2.27. The first-order valence-corrected chi connectivity index (χ1v) is 11.4. The number of aliphatic hydroxyl groups excluding tert-OH is 1. The number of hydrogen-bond acceptors (Lipinski definition) is 1. The fourth-order valence-electron chi connectivity index (χ4n) is 3.71. The van der Waals surface area contributed by atoms with Crippen LogP contribution in [0, 0.1) is 5.92 Å². The minimum absolute atomic E-state index is 0.151. The molecule has 2 unspecified atom stereocenters. The largest absolute Gasteiger partial charge is 0.388 e. The van der Waals surface area contributed by atoms with E-state index in [0.29, 0.717) is 0 Å². The normalized spacial score (nSPS) is 14.2. The molecule has 0 saturated carbocycles. The highest BCUT2D eigenvalue weighted by Gasteiger charge is 2.20. The van der Waals surface area contributed by atoms with Crippen molar-refractivity contribution in [1.29, 1.82) is 0 Å². The zero-order valence-electron chi connectivity index (χ0n) is 18.3. The molecule has 0 bridgehead atoms. The zero-order valence-corrected chi connectivity index (χ0v) is 18.3. The van der Waals surface area contributed by atoms with Gasteiger partial charge in [0, 0.05) is 5.92 Å². The van der Waals surface area contributed by atoms with Crippen LogP contribution in [0.25, 0.3) is 12.2 Å². The fraction of sp³-hybridized carbons (Fsp3) is 0.429. The SMILES string of the molecule is CCCCCC(=Cc1ccccc1)C(O)C(C=Cc1ccccc1)CCCCC. The average molecular weight is 391 g/mol. The Kier molecular flexibility index (Phi) is 11.1. The van der Waals surface area contributed by atoms with Crippen LogP contribution in [-0.4, -0.2) is 11.2 Å². The van der Waals surface area contributed by atoms with Crippen molar-refractivity contribution in [2.24, 2.45) is 5.92 Å². The van der Waals surface area contributed by atoms with Crippen LogP contribution in [0.2, 0.25) is 0 Å². The summed E-state index contributed by atoms with van der Waals surface area (Å²) in [6.07, 6.45) is 15.3. The number of benzene rings is 2. The molecule has 0 amide bonds. The lowest BCUT2D eigenvalue weighted by atomic mass is 9.86. The molecule has 0 aliphatic heterocycles. The average Bonchev–Trinajstić information content (AvgIpc) is 2.76. The molecule has 2 rings (SSSR count). The van der Waals surface area contributed by atoms with Gasteiger partial charge in [-0.15, -0.1) is 0 Å². The summed E-state index contributed by atoms with van der Waals surface area (Å²) in [5, 5.41) is 11.4. The van der Waals surface area contributed by atoms with Gasteiger partial charge in [-0.05, 0) is 36.0 Å². The molecular weight excluding hydrogens is 352 g/mol. The summed E-state index contributed by atoms with van der Waals surface area (Å²) in [6.45, 7) is 4.46. The van der Waals surface area contributed by atoms with Crippen molar-refractivity contribution in [2.45, 2.75) is 71.3 Å². The first-order valence-electron chi connectivity index (χ1n) is 11.4. The number of aliphatic hydroxyl groups is 1. The second kappa shape index (κ2) is 14.0. The Hall–Kier alpha value is -2.12. The number of hydrogen-bond donors (Lipinski definition) is 1. The van der Waals surface area contributed by atoms with E-state index in [1.165, 1.54) is 42.4 Å². The Bertz CT molecular complexity index is 714. The third-order valence-electron chi connectivity index (χ3n) is 5.48. The molecule has 2 atom stereocenters. The highest BCUT2D eigenvalue weighted by atomic mass is 16.3. The maximum atomic E-state index is 11.4. The standard InChI is InChI=1S/C28H38O/c1-3-5-9-19-26(22-21-24-15-11-7-12-16-24)28(29)27(20-10-6-4-2)23-25-17-13-8-14-18-25/h7-8,11-18,21-23,26,28-29H,3-6,9-10,19-20H2,1-2H3. The molecule has 0 saturated heterocycles. The molecule has 0 aromatic heterocycles. The van der Waals surface area contributed by atoms with Gasteiger partial charge in [0.1, 0.15) is 0 Å². The van der Waals surface area contributed by atoms with Gasteiger partial charge in [-0.1, -0.05) is 125 Å². The molecular formula is C28H38O. The predicted octanol–water partition coefficient (Wildman–Crippen LogP) is 7.92. The van der Waals surface area contributed by atoms with Crippen LogP contribution in [0.5, 0.6) is 0 Å². The topological polar surface area (TPSA) is 20.2 Å². The van der Waals surface area contributed by atoms with Crippen molar-refractivity contribution in [2.75, 3.05) is 0 Å². The van der Waals surface area contributed by atoms with E-state index in [9.17, 15) is 5.11 Å². The Morgan fingerprint density at radius 2 is 1.38 bits per heavy atom. The van der Waals surface area contributed by atoms with Crippen LogP contribution in [0.4, 0.5) is 0 Å². The summed E-state index contributed by atoms with van der Waals surface area (Å²) in [6, 6.07) is 20.8. The van der Waals surface area contributed by atoms with Crippen LogP contribution in [-0.2, 0) is 0 Å². The second-order valence-electron chi connectivity index (χ2n) is 7.96. The van der Waals surface area contributed by atoms with Crippen molar-refractivity contribution < 1.29 is 5.11 Å². The zero-order chi connectivity index (χ0) is 20.7. The lowest BCUT2D eigenvalue weighted by Gasteiger charge is -2.23. The minimum atomic E-state index is -0.427. The highest BCUT2D eigenvalue weighted by molar-refractivity contribution is 5.54. The maximum Gasteiger partial charge on any atom is 0.0816 e. The summed E-state index contributed by atoms with van der Waals surface area (Å²) in [5.74, 6) is 0.151. The van der Waals surface area contributed by atoms with Crippen molar-refractivity contribution in [1.82, 2.24) is 0 Å². The van der Waals surface area contributed by atoms with Gasteiger partial charge in [0.05, 0.1) is 6.10 Å². The summed E-state index contributed by atoms with van der Waals surface area (Å²) in [4.78, 5) is 0. The molecule has 0 aliphatic carbocycles. The molecule has 29 heavy (non-hydrogen) atoms. The molecule has 1 N–H and O–H groups in total. The van der Waals surface area contributed by atoms with Gasteiger partial charge in [0.2, 0.25) is 0 Å². The first-order chi connectivity index (χ1) is 14.2. The summed E-state index contributed by atoms with van der Waals surface area (Å²) < 4.78 is 0. The van der Waals surface area contributed by atoms with Gasteiger partial charge in [0.15, 0.2) is 0 Å². The van der Waals surface area contributed by atoms with E-state index in [4.69, 9.17) is 0 Å². The van der Waals surface area contributed by atoms with E-state index in [2.05, 4.69) is 80.6 Å².